The Kier molecular flexibility index (Phi) is 5.19. The number of ketones is 1. The van der Waals surface area contributed by atoms with Crippen molar-refractivity contribution in [2.45, 2.75) is 17.7 Å². The highest BCUT2D eigenvalue weighted by Gasteiger charge is 2.31. The van der Waals surface area contributed by atoms with Gasteiger partial charge in [-0.05, 0) is 48.4 Å². The number of carbonyl (C=O) groups excluding carboxylic acids is 1. The normalized spacial score (nSPS) is 13.3. The molecule has 0 saturated carbocycles. The second-order valence-corrected chi connectivity index (χ2v) is 10.5. The van der Waals surface area contributed by atoms with E-state index in [1.165, 1.54) is 27.8 Å². The number of anilines is 1. The average molecular weight is 465 g/mol. The summed E-state index contributed by atoms with van der Waals surface area (Å²) in [6.45, 7) is 0.398. The van der Waals surface area contributed by atoms with Crippen LogP contribution in [0.4, 0.5) is 5.69 Å². The lowest BCUT2D eigenvalue weighted by molar-refractivity contribution is 0.0992. The Morgan fingerprint density at radius 2 is 1.94 bits per heavy atom. The highest BCUT2D eigenvalue weighted by molar-refractivity contribution is 7.92. The monoisotopic (exact) mass is 464 g/mol. The summed E-state index contributed by atoms with van der Waals surface area (Å²) in [5, 5.41) is 0.681. The third-order valence-corrected chi connectivity index (χ3v) is 8.37. The van der Waals surface area contributed by atoms with E-state index in [1.54, 1.807) is 19.2 Å². The van der Waals surface area contributed by atoms with Crippen molar-refractivity contribution in [3.63, 3.8) is 0 Å². The van der Waals surface area contributed by atoms with E-state index < -0.39 is 10.0 Å². The number of fused-ring (bicyclic) bond motifs is 2. The zero-order chi connectivity index (χ0) is 22.3. The molecule has 0 unspecified atom stereocenters. The number of Topliss-reactive ketones (excluding diaryl/α,β-unsaturated/α-hetero) is 1. The summed E-state index contributed by atoms with van der Waals surface area (Å²) in [4.78, 5) is 17.6. The summed E-state index contributed by atoms with van der Waals surface area (Å²) in [5.74, 6) is 0.565. The van der Waals surface area contributed by atoms with Crippen LogP contribution in [0.15, 0.2) is 71.6 Å². The second kappa shape index (κ2) is 8.03. The molecule has 0 aliphatic carbocycles. The van der Waals surface area contributed by atoms with Crippen molar-refractivity contribution in [2.75, 3.05) is 18.0 Å². The first-order valence-electron chi connectivity index (χ1n) is 10.1. The molecule has 1 aromatic heterocycles. The number of rotatable bonds is 6. The van der Waals surface area contributed by atoms with E-state index >= 15 is 0 Å². The number of methoxy groups -OCH3 is 1. The second-order valence-electron chi connectivity index (χ2n) is 7.52. The lowest BCUT2D eigenvalue weighted by Crippen LogP contribution is -2.29. The van der Waals surface area contributed by atoms with Gasteiger partial charge in [-0.3, -0.25) is 9.10 Å². The van der Waals surface area contributed by atoms with Gasteiger partial charge in [0.2, 0.25) is 0 Å². The summed E-state index contributed by atoms with van der Waals surface area (Å²) in [6.07, 6.45) is 0.786. The molecule has 4 aromatic rings. The third-order valence-electron chi connectivity index (χ3n) is 5.54. The molecule has 0 spiro atoms. The van der Waals surface area contributed by atoms with Crippen LogP contribution in [0.2, 0.25) is 0 Å². The maximum absolute atomic E-state index is 13.3. The topological polar surface area (TPSA) is 76.6 Å². The van der Waals surface area contributed by atoms with Gasteiger partial charge in [-0.2, -0.15) is 0 Å². The van der Waals surface area contributed by atoms with E-state index in [0.29, 0.717) is 29.2 Å². The minimum absolute atomic E-state index is 0.109. The van der Waals surface area contributed by atoms with Gasteiger partial charge in [0.1, 0.15) is 10.8 Å². The molecule has 1 aliphatic heterocycles. The molecule has 5 rings (SSSR count). The number of carbonyl (C=O) groups is 1. The Labute approximate surface area is 190 Å². The lowest BCUT2D eigenvalue weighted by atomic mass is 10.1. The fraction of sp³-hybridized carbons (Fsp3) is 0.167. The Hall–Kier alpha value is -3.23. The van der Waals surface area contributed by atoms with E-state index in [0.717, 1.165) is 21.5 Å². The summed E-state index contributed by atoms with van der Waals surface area (Å²) >= 11 is 1.43. The molecule has 162 valence electrons. The molecule has 0 amide bonds. The Morgan fingerprint density at radius 1 is 1.09 bits per heavy atom. The van der Waals surface area contributed by atoms with Crippen LogP contribution in [-0.4, -0.2) is 32.8 Å². The number of hydrogen-bond acceptors (Lipinski definition) is 6. The van der Waals surface area contributed by atoms with Gasteiger partial charge < -0.3 is 4.74 Å². The number of hydrogen-bond donors (Lipinski definition) is 0. The Balaban J connectivity index is 1.41. The first-order chi connectivity index (χ1) is 15.5. The number of sulfonamides is 1. The molecule has 6 nitrogen and oxygen atoms in total. The fourth-order valence-electron chi connectivity index (χ4n) is 3.91. The van der Waals surface area contributed by atoms with Crippen LogP contribution in [-0.2, 0) is 22.9 Å². The number of thiazole rings is 1. The molecule has 2 heterocycles. The zero-order valence-corrected chi connectivity index (χ0v) is 18.9. The van der Waals surface area contributed by atoms with Gasteiger partial charge >= 0.3 is 0 Å². The van der Waals surface area contributed by atoms with Crippen LogP contribution < -0.4 is 9.04 Å². The Bertz CT molecular complexity index is 1440. The summed E-state index contributed by atoms with van der Waals surface area (Å²) in [7, 11) is -2.15. The first-order valence-corrected chi connectivity index (χ1v) is 12.4. The fourth-order valence-corrected chi connectivity index (χ4v) is 6.45. The van der Waals surface area contributed by atoms with E-state index in [-0.39, 0.29) is 17.1 Å². The zero-order valence-electron chi connectivity index (χ0n) is 17.3. The van der Waals surface area contributed by atoms with Gasteiger partial charge in [-0.25, -0.2) is 13.4 Å². The van der Waals surface area contributed by atoms with Gasteiger partial charge in [0.15, 0.2) is 5.78 Å². The van der Waals surface area contributed by atoms with Gasteiger partial charge in [-0.1, -0.05) is 30.3 Å². The predicted molar refractivity (Wildman–Crippen MR) is 125 cm³/mol. The Morgan fingerprint density at radius 3 is 2.78 bits per heavy atom. The van der Waals surface area contributed by atoms with Crippen molar-refractivity contribution >= 4 is 43.0 Å². The first kappa shape index (κ1) is 20.7. The van der Waals surface area contributed by atoms with E-state index in [9.17, 15) is 13.2 Å². The minimum atomic E-state index is -3.75. The van der Waals surface area contributed by atoms with Gasteiger partial charge in [0.25, 0.3) is 10.0 Å². The highest BCUT2D eigenvalue weighted by atomic mass is 32.2. The molecular weight excluding hydrogens is 444 g/mol. The molecule has 32 heavy (non-hydrogen) atoms. The van der Waals surface area contributed by atoms with E-state index in [4.69, 9.17) is 4.74 Å². The molecule has 0 bridgehead atoms. The van der Waals surface area contributed by atoms with Crippen molar-refractivity contribution in [3.8, 4) is 5.75 Å². The van der Waals surface area contributed by atoms with Crippen LogP contribution in [0.3, 0.4) is 0 Å². The summed E-state index contributed by atoms with van der Waals surface area (Å²) < 4.78 is 34.2. The number of ether oxygens (including phenoxy) is 1. The molecule has 3 aromatic carbocycles. The van der Waals surface area contributed by atoms with Crippen LogP contribution in [0.1, 0.15) is 20.9 Å². The summed E-state index contributed by atoms with van der Waals surface area (Å²) in [5.41, 5.74) is 2.88. The maximum atomic E-state index is 13.3. The third kappa shape index (κ3) is 3.65. The van der Waals surface area contributed by atoms with Gasteiger partial charge in [-0.15, -0.1) is 11.3 Å². The van der Waals surface area contributed by atoms with Crippen molar-refractivity contribution in [1.29, 1.82) is 0 Å². The van der Waals surface area contributed by atoms with E-state index in [2.05, 4.69) is 4.98 Å². The smallest absolute Gasteiger partial charge is 0.264 e. The van der Waals surface area contributed by atoms with Crippen molar-refractivity contribution < 1.29 is 17.9 Å². The molecule has 0 radical (unpaired) electrons. The maximum Gasteiger partial charge on any atom is 0.264 e. The molecule has 1 aliphatic rings. The molecule has 0 fully saturated rings. The standard InChI is InChI=1S/C24H20N2O4S2/c1-30-18-9-10-20-23(14-18)31-24(25-20)15-22(27)17-6-4-7-19(13-17)32(28,29)26-12-11-16-5-2-3-8-21(16)26/h2-10,13-14H,11-12,15H2,1H3. The number of benzene rings is 3. The largest absolute Gasteiger partial charge is 0.497 e. The highest BCUT2D eigenvalue weighted by Crippen LogP contribution is 2.33. The van der Waals surface area contributed by atoms with Crippen LogP contribution in [0, 0.1) is 0 Å². The van der Waals surface area contributed by atoms with Crippen molar-refractivity contribution in [1.82, 2.24) is 4.98 Å². The molecular formula is C24H20N2O4S2. The molecule has 0 atom stereocenters. The van der Waals surface area contributed by atoms with Crippen molar-refractivity contribution in [2.24, 2.45) is 0 Å². The molecule has 8 heteroatoms. The molecule has 0 saturated heterocycles. The van der Waals surface area contributed by atoms with Crippen LogP contribution >= 0.6 is 11.3 Å². The van der Waals surface area contributed by atoms with Gasteiger partial charge in [0, 0.05) is 12.1 Å². The SMILES string of the molecule is COc1ccc2nc(CC(=O)c3cccc(S(=O)(=O)N4CCc5ccccc54)c3)sc2c1. The van der Waals surface area contributed by atoms with Gasteiger partial charge in [0.05, 0.1) is 34.3 Å². The van der Waals surface area contributed by atoms with Crippen LogP contribution in [0.25, 0.3) is 10.2 Å². The minimum Gasteiger partial charge on any atom is -0.497 e. The number of aromatic nitrogens is 1. The average Bonchev–Trinajstić information content (AvgIpc) is 3.42. The molecule has 0 N–H and O–H groups in total. The van der Waals surface area contributed by atoms with Crippen LogP contribution in [0.5, 0.6) is 5.75 Å². The quantitative estimate of drug-likeness (QED) is 0.393. The predicted octanol–water partition coefficient (Wildman–Crippen LogP) is 4.48. The summed E-state index contributed by atoms with van der Waals surface area (Å²) in [6, 6.07) is 19.4. The van der Waals surface area contributed by atoms with Crippen molar-refractivity contribution in [3.05, 3.63) is 82.9 Å². The number of nitrogens with zero attached hydrogens (tertiary/aromatic N) is 2. The van der Waals surface area contributed by atoms with E-state index in [1.807, 2.05) is 42.5 Å². The lowest BCUT2D eigenvalue weighted by Gasteiger charge is -2.19. The number of para-hydroxylation sites is 1.